The number of nitrogens with zero attached hydrogens (tertiary/aromatic N) is 5. The van der Waals surface area contributed by atoms with Crippen LogP contribution in [0.2, 0.25) is 0 Å². The number of nitrogens with one attached hydrogen (secondary N) is 1. The van der Waals surface area contributed by atoms with Crippen molar-refractivity contribution in [3.63, 3.8) is 0 Å². The summed E-state index contributed by atoms with van der Waals surface area (Å²) in [6.45, 7) is 4.64. The molecule has 0 spiro atoms. The van der Waals surface area contributed by atoms with Crippen molar-refractivity contribution in [1.82, 2.24) is 24.8 Å². The topological polar surface area (TPSA) is 98.3 Å². The highest BCUT2D eigenvalue weighted by Gasteiger charge is 2.41. The van der Waals surface area contributed by atoms with Gasteiger partial charge in [-0.25, -0.2) is 0 Å². The number of non-ortho nitro benzene ring substituents is 1. The lowest BCUT2D eigenvalue weighted by atomic mass is 9.96. The predicted molar refractivity (Wildman–Crippen MR) is 144 cm³/mol. The van der Waals surface area contributed by atoms with E-state index >= 15 is 0 Å². The van der Waals surface area contributed by atoms with Gasteiger partial charge in [-0.3, -0.25) is 20.1 Å². The summed E-state index contributed by atoms with van der Waals surface area (Å²) in [4.78, 5) is 22.0. The zero-order valence-corrected chi connectivity index (χ0v) is 21.5. The fraction of sp³-hybridized carbons (Fsp3) is 0.222. The number of ether oxygens (including phenoxy) is 1. The average molecular weight is 515 g/mol. The fourth-order valence-electron chi connectivity index (χ4n) is 5.03. The highest BCUT2D eigenvalue weighted by Crippen LogP contribution is 2.43. The molecule has 0 unspecified atom stereocenters. The van der Waals surface area contributed by atoms with Crippen molar-refractivity contribution in [2.24, 2.45) is 0 Å². The summed E-state index contributed by atoms with van der Waals surface area (Å²) in [7, 11) is 1.52. The van der Waals surface area contributed by atoms with Crippen LogP contribution in [0.3, 0.4) is 0 Å². The summed E-state index contributed by atoms with van der Waals surface area (Å²) >= 11 is 5.82. The minimum absolute atomic E-state index is 0.0218. The van der Waals surface area contributed by atoms with E-state index in [2.05, 4.69) is 30.8 Å². The predicted octanol–water partition coefficient (Wildman–Crippen LogP) is 4.97. The Morgan fingerprint density at radius 2 is 1.97 bits per heavy atom. The standard InChI is InChI=1S/C27H26N6O3S/c1-17-13-21(18(2)32(17)23-10-9-20(33(34)35)14-24(23)36-3)26-25(22-8-4-5-12-29-22)30-27(37)31(26)16-19-7-6-11-28-15-19/h4-15,25-26H,16H2,1-3H3,(H,30,37)/t25-,26-/m1/s1. The SMILES string of the molecule is COc1cc([N+](=O)[O-])ccc1-n1c(C)cc([C@@H]2[C@@H](c3ccccn3)NC(=S)N2Cc2cccnc2)c1C. The second-order valence-corrected chi connectivity index (χ2v) is 9.28. The van der Waals surface area contributed by atoms with Crippen molar-refractivity contribution in [2.45, 2.75) is 32.5 Å². The Labute approximate surface area is 219 Å². The minimum atomic E-state index is -0.425. The summed E-state index contributed by atoms with van der Waals surface area (Å²) in [6.07, 6.45) is 5.38. The van der Waals surface area contributed by atoms with Gasteiger partial charge in [0.25, 0.3) is 5.69 Å². The number of methoxy groups -OCH3 is 1. The van der Waals surface area contributed by atoms with Crippen molar-refractivity contribution in [1.29, 1.82) is 0 Å². The van der Waals surface area contributed by atoms with E-state index in [1.165, 1.54) is 19.2 Å². The van der Waals surface area contributed by atoms with Crippen LogP contribution in [-0.2, 0) is 6.54 Å². The van der Waals surface area contributed by atoms with Gasteiger partial charge in [-0.2, -0.15) is 0 Å². The van der Waals surface area contributed by atoms with Gasteiger partial charge in [0.15, 0.2) is 5.11 Å². The van der Waals surface area contributed by atoms with Gasteiger partial charge in [0.2, 0.25) is 0 Å². The first-order chi connectivity index (χ1) is 17.9. The van der Waals surface area contributed by atoms with Crippen molar-refractivity contribution in [3.05, 3.63) is 112 Å². The highest BCUT2D eigenvalue weighted by molar-refractivity contribution is 7.80. The first kappa shape index (κ1) is 24.4. The van der Waals surface area contributed by atoms with Crippen LogP contribution < -0.4 is 10.1 Å². The second-order valence-electron chi connectivity index (χ2n) is 8.89. The first-order valence-corrected chi connectivity index (χ1v) is 12.2. The molecule has 4 aromatic rings. The lowest BCUT2D eigenvalue weighted by Gasteiger charge is -2.28. The van der Waals surface area contributed by atoms with E-state index in [0.717, 1.165) is 33.9 Å². The first-order valence-electron chi connectivity index (χ1n) is 11.8. The molecule has 5 rings (SSSR count). The highest BCUT2D eigenvalue weighted by atomic mass is 32.1. The molecule has 10 heteroatoms. The molecule has 0 aliphatic carbocycles. The number of rotatable bonds is 7. The molecule has 9 nitrogen and oxygen atoms in total. The van der Waals surface area contributed by atoms with Crippen LogP contribution in [-0.4, -0.2) is 36.6 Å². The molecule has 0 saturated carbocycles. The molecule has 3 aromatic heterocycles. The number of nitro groups is 1. The Kier molecular flexibility index (Phi) is 6.58. The molecule has 1 N–H and O–H groups in total. The van der Waals surface area contributed by atoms with Crippen LogP contribution in [0.1, 0.15) is 40.3 Å². The molecule has 1 fully saturated rings. The number of hydrogen-bond acceptors (Lipinski definition) is 6. The number of benzene rings is 1. The van der Waals surface area contributed by atoms with Crippen LogP contribution in [0, 0.1) is 24.0 Å². The number of nitro benzene ring substituents is 1. The number of hydrogen-bond donors (Lipinski definition) is 1. The molecule has 0 radical (unpaired) electrons. The third kappa shape index (κ3) is 4.51. The largest absolute Gasteiger partial charge is 0.494 e. The minimum Gasteiger partial charge on any atom is -0.494 e. The summed E-state index contributed by atoms with van der Waals surface area (Å²) in [5, 5.41) is 15.5. The molecule has 1 aliphatic rings. The molecule has 188 valence electrons. The van der Waals surface area contributed by atoms with Gasteiger partial charge in [0.1, 0.15) is 5.75 Å². The summed E-state index contributed by atoms with van der Waals surface area (Å²) < 4.78 is 7.62. The molecule has 1 saturated heterocycles. The van der Waals surface area contributed by atoms with Crippen LogP contribution in [0.4, 0.5) is 5.69 Å². The third-order valence-electron chi connectivity index (χ3n) is 6.68. The maximum Gasteiger partial charge on any atom is 0.273 e. The average Bonchev–Trinajstić information content (AvgIpc) is 3.39. The molecular weight excluding hydrogens is 488 g/mol. The van der Waals surface area contributed by atoms with Crippen LogP contribution in [0.25, 0.3) is 5.69 Å². The van der Waals surface area contributed by atoms with E-state index in [0.29, 0.717) is 17.4 Å². The third-order valence-corrected chi connectivity index (χ3v) is 7.03. The van der Waals surface area contributed by atoms with E-state index in [1.807, 2.05) is 50.4 Å². The van der Waals surface area contributed by atoms with E-state index in [1.54, 1.807) is 18.5 Å². The van der Waals surface area contributed by atoms with Crippen molar-refractivity contribution in [3.8, 4) is 11.4 Å². The molecule has 2 atom stereocenters. The van der Waals surface area contributed by atoms with Crippen LogP contribution in [0.5, 0.6) is 5.75 Å². The van der Waals surface area contributed by atoms with Gasteiger partial charge < -0.3 is 19.5 Å². The zero-order chi connectivity index (χ0) is 26.1. The maximum absolute atomic E-state index is 11.3. The van der Waals surface area contributed by atoms with Crippen LogP contribution in [0.15, 0.2) is 73.2 Å². The Bertz CT molecular complexity index is 1460. The summed E-state index contributed by atoms with van der Waals surface area (Å²) in [5.41, 5.74) is 5.68. The smallest absolute Gasteiger partial charge is 0.273 e. The van der Waals surface area contributed by atoms with Gasteiger partial charge in [-0.1, -0.05) is 12.1 Å². The Morgan fingerprint density at radius 1 is 1.14 bits per heavy atom. The van der Waals surface area contributed by atoms with Gasteiger partial charge in [-0.15, -0.1) is 0 Å². The Morgan fingerprint density at radius 3 is 2.65 bits per heavy atom. The number of aromatic nitrogens is 3. The fourth-order valence-corrected chi connectivity index (χ4v) is 5.33. The second kappa shape index (κ2) is 9.98. The lowest BCUT2D eigenvalue weighted by Crippen LogP contribution is -2.29. The molecule has 1 aliphatic heterocycles. The van der Waals surface area contributed by atoms with E-state index in [4.69, 9.17) is 17.0 Å². The monoisotopic (exact) mass is 514 g/mol. The van der Waals surface area contributed by atoms with Crippen molar-refractivity contribution in [2.75, 3.05) is 7.11 Å². The van der Waals surface area contributed by atoms with E-state index in [-0.39, 0.29) is 17.8 Å². The quantitative estimate of drug-likeness (QED) is 0.210. The number of thiocarbonyl (C=S) groups is 1. The number of aryl methyl sites for hydroxylation is 1. The Balaban J connectivity index is 1.63. The van der Waals surface area contributed by atoms with E-state index in [9.17, 15) is 10.1 Å². The van der Waals surface area contributed by atoms with Crippen molar-refractivity contribution < 1.29 is 9.66 Å². The molecular formula is C27H26N6O3S. The van der Waals surface area contributed by atoms with E-state index < -0.39 is 4.92 Å². The Hall–Kier alpha value is -4.31. The summed E-state index contributed by atoms with van der Waals surface area (Å²) in [5.74, 6) is 0.427. The van der Waals surface area contributed by atoms with Gasteiger partial charge in [0, 0.05) is 42.6 Å². The normalized spacial score (nSPS) is 17.1. The molecule has 0 bridgehead atoms. The molecule has 1 aromatic carbocycles. The number of pyridine rings is 2. The lowest BCUT2D eigenvalue weighted by molar-refractivity contribution is -0.384. The maximum atomic E-state index is 11.3. The molecule has 4 heterocycles. The molecule has 37 heavy (non-hydrogen) atoms. The van der Waals surface area contributed by atoms with Crippen molar-refractivity contribution >= 4 is 23.0 Å². The van der Waals surface area contributed by atoms with Gasteiger partial charge >= 0.3 is 0 Å². The van der Waals surface area contributed by atoms with Crippen LogP contribution >= 0.6 is 12.2 Å². The summed E-state index contributed by atoms with van der Waals surface area (Å²) in [6, 6.07) is 16.3. The zero-order valence-electron chi connectivity index (χ0n) is 20.7. The molecule has 0 amide bonds. The van der Waals surface area contributed by atoms with Gasteiger partial charge in [0.05, 0.1) is 41.6 Å². The van der Waals surface area contributed by atoms with Gasteiger partial charge in [-0.05, 0) is 67.5 Å².